The first-order valence-corrected chi connectivity index (χ1v) is 8.79. The number of furan rings is 1. The summed E-state index contributed by atoms with van der Waals surface area (Å²) in [6, 6.07) is 3.38. The third-order valence-corrected chi connectivity index (χ3v) is 4.55. The number of nitrogens with zero attached hydrogens (tertiary/aromatic N) is 4. The van der Waals surface area contributed by atoms with Crippen LogP contribution in [0.3, 0.4) is 0 Å². The average Bonchev–Trinajstić information content (AvgIpc) is 3.26. The van der Waals surface area contributed by atoms with Gasteiger partial charge in [-0.25, -0.2) is 4.98 Å². The van der Waals surface area contributed by atoms with Gasteiger partial charge in [-0.15, -0.1) is 0 Å². The van der Waals surface area contributed by atoms with E-state index in [2.05, 4.69) is 11.9 Å². The Morgan fingerprint density at radius 2 is 2.00 bits per heavy atom. The molecule has 7 nitrogen and oxygen atoms in total. The molecule has 3 rings (SSSR count). The number of hydrogen-bond acceptors (Lipinski definition) is 4. The Hall–Kier alpha value is -2.57. The molecule has 0 saturated carbocycles. The molecular formula is C18H24N4O3. The first-order chi connectivity index (χ1) is 12.2. The van der Waals surface area contributed by atoms with Crippen LogP contribution in [0, 0.1) is 0 Å². The van der Waals surface area contributed by atoms with Gasteiger partial charge in [0.25, 0.3) is 5.91 Å². The molecule has 0 aromatic carbocycles. The highest BCUT2D eigenvalue weighted by molar-refractivity contribution is 5.91. The number of hydrogen-bond donors (Lipinski definition) is 0. The number of imidazole rings is 1. The number of aromatic nitrogens is 2. The van der Waals surface area contributed by atoms with Crippen LogP contribution in [0.15, 0.2) is 35.2 Å². The maximum absolute atomic E-state index is 12.5. The van der Waals surface area contributed by atoms with E-state index in [-0.39, 0.29) is 11.8 Å². The standard InChI is InChI=1S/C18H24N4O3/c1-2-16-19-7-11-20(16)10-6-17(23)21-8-4-9-22(13-12-21)18(24)15-5-3-14-25-15/h3,5,7,11,14H,2,4,6,8-10,12-13H2,1H3. The van der Waals surface area contributed by atoms with E-state index in [1.165, 1.54) is 6.26 Å². The monoisotopic (exact) mass is 344 g/mol. The fourth-order valence-corrected chi connectivity index (χ4v) is 3.16. The van der Waals surface area contributed by atoms with E-state index in [4.69, 9.17) is 4.42 Å². The minimum atomic E-state index is -0.106. The van der Waals surface area contributed by atoms with Crippen molar-refractivity contribution < 1.29 is 14.0 Å². The second-order valence-electron chi connectivity index (χ2n) is 6.14. The van der Waals surface area contributed by atoms with E-state index < -0.39 is 0 Å². The molecule has 0 N–H and O–H groups in total. The van der Waals surface area contributed by atoms with Crippen LogP contribution in [0.4, 0.5) is 0 Å². The van der Waals surface area contributed by atoms with Crippen molar-refractivity contribution >= 4 is 11.8 Å². The van der Waals surface area contributed by atoms with Crippen molar-refractivity contribution in [1.29, 1.82) is 0 Å². The van der Waals surface area contributed by atoms with Crippen molar-refractivity contribution in [3.63, 3.8) is 0 Å². The van der Waals surface area contributed by atoms with Crippen molar-refractivity contribution in [2.24, 2.45) is 0 Å². The summed E-state index contributed by atoms with van der Waals surface area (Å²) in [6.45, 7) is 5.14. The van der Waals surface area contributed by atoms with Crippen LogP contribution in [0.5, 0.6) is 0 Å². The van der Waals surface area contributed by atoms with E-state index >= 15 is 0 Å². The molecule has 7 heteroatoms. The molecule has 0 radical (unpaired) electrons. The zero-order chi connectivity index (χ0) is 17.6. The van der Waals surface area contributed by atoms with Crippen molar-refractivity contribution in [2.45, 2.75) is 32.7 Å². The lowest BCUT2D eigenvalue weighted by Crippen LogP contribution is -2.37. The molecule has 1 saturated heterocycles. The molecule has 134 valence electrons. The smallest absolute Gasteiger partial charge is 0.289 e. The molecular weight excluding hydrogens is 320 g/mol. The average molecular weight is 344 g/mol. The highest BCUT2D eigenvalue weighted by atomic mass is 16.3. The highest BCUT2D eigenvalue weighted by Gasteiger charge is 2.23. The van der Waals surface area contributed by atoms with Gasteiger partial charge in [0, 0.05) is 58.0 Å². The van der Waals surface area contributed by atoms with Gasteiger partial charge < -0.3 is 18.8 Å². The van der Waals surface area contributed by atoms with Crippen LogP contribution in [0.25, 0.3) is 0 Å². The van der Waals surface area contributed by atoms with E-state index in [1.54, 1.807) is 23.2 Å². The second kappa shape index (κ2) is 8.00. The van der Waals surface area contributed by atoms with Crippen molar-refractivity contribution in [1.82, 2.24) is 19.4 Å². The van der Waals surface area contributed by atoms with Gasteiger partial charge in [0.1, 0.15) is 5.82 Å². The molecule has 0 bridgehead atoms. The Labute approximate surface area is 147 Å². The Balaban J connectivity index is 1.52. The molecule has 1 aliphatic rings. The van der Waals surface area contributed by atoms with E-state index in [0.717, 1.165) is 18.7 Å². The first kappa shape index (κ1) is 17.3. The van der Waals surface area contributed by atoms with Crippen LogP contribution in [0.1, 0.15) is 36.1 Å². The van der Waals surface area contributed by atoms with Crippen LogP contribution in [0.2, 0.25) is 0 Å². The number of aryl methyl sites for hydroxylation is 2. The summed E-state index contributed by atoms with van der Waals surface area (Å²) in [4.78, 5) is 32.8. The summed E-state index contributed by atoms with van der Waals surface area (Å²) in [6.07, 6.45) is 7.28. The summed E-state index contributed by atoms with van der Waals surface area (Å²) in [5.74, 6) is 1.37. The molecule has 3 heterocycles. The molecule has 0 unspecified atom stereocenters. The van der Waals surface area contributed by atoms with Crippen LogP contribution >= 0.6 is 0 Å². The van der Waals surface area contributed by atoms with Gasteiger partial charge in [-0.05, 0) is 18.6 Å². The van der Waals surface area contributed by atoms with Gasteiger partial charge in [0.05, 0.1) is 6.26 Å². The molecule has 0 aliphatic carbocycles. The Morgan fingerprint density at radius 3 is 2.76 bits per heavy atom. The van der Waals surface area contributed by atoms with Gasteiger partial charge in [0.15, 0.2) is 5.76 Å². The summed E-state index contributed by atoms with van der Waals surface area (Å²) < 4.78 is 7.22. The Bertz CT molecular complexity index is 708. The lowest BCUT2D eigenvalue weighted by atomic mass is 10.3. The van der Waals surface area contributed by atoms with Gasteiger partial charge in [-0.3, -0.25) is 9.59 Å². The zero-order valence-corrected chi connectivity index (χ0v) is 14.6. The largest absolute Gasteiger partial charge is 0.459 e. The van der Waals surface area contributed by atoms with Gasteiger partial charge in [-0.2, -0.15) is 0 Å². The molecule has 2 aromatic heterocycles. The van der Waals surface area contributed by atoms with Crippen LogP contribution in [-0.4, -0.2) is 57.3 Å². The van der Waals surface area contributed by atoms with Crippen molar-refractivity contribution in [2.75, 3.05) is 26.2 Å². The highest BCUT2D eigenvalue weighted by Crippen LogP contribution is 2.11. The Kier molecular flexibility index (Phi) is 5.53. The van der Waals surface area contributed by atoms with Crippen LogP contribution < -0.4 is 0 Å². The number of amides is 2. The summed E-state index contributed by atoms with van der Waals surface area (Å²) in [7, 11) is 0. The molecule has 0 spiro atoms. The molecule has 1 fully saturated rings. The Morgan fingerprint density at radius 1 is 1.20 bits per heavy atom. The fraction of sp³-hybridized carbons (Fsp3) is 0.500. The molecule has 0 atom stereocenters. The number of carbonyl (C=O) groups excluding carboxylic acids is 2. The molecule has 2 aromatic rings. The summed E-state index contributed by atoms with van der Waals surface area (Å²) >= 11 is 0. The van der Waals surface area contributed by atoms with Crippen molar-refractivity contribution in [3.05, 3.63) is 42.4 Å². The summed E-state index contributed by atoms with van der Waals surface area (Å²) in [5, 5.41) is 0. The number of rotatable bonds is 5. The predicted molar refractivity (Wildman–Crippen MR) is 92.0 cm³/mol. The lowest BCUT2D eigenvalue weighted by molar-refractivity contribution is -0.131. The van der Waals surface area contributed by atoms with Crippen molar-refractivity contribution in [3.8, 4) is 0 Å². The topological polar surface area (TPSA) is 71.6 Å². The molecule has 25 heavy (non-hydrogen) atoms. The van der Waals surface area contributed by atoms with E-state index in [9.17, 15) is 9.59 Å². The van der Waals surface area contributed by atoms with Crippen LogP contribution in [-0.2, 0) is 17.8 Å². The van der Waals surface area contributed by atoms with Gasteiger partial charge in [0.2, 0.25) is 5.91 Å². The lowest BCUT2D eigenvalue weighted by Gasteiger charge is -2.22. The third-order valence-electron chi connectivity index (χ3n) is 4.55. The van der Waals surface area contributed by atoms with E-state index in [1.807, 2.05) is 15.7 Å². The zero-order valence-electron chi connectivity index (χ0n) is 14.6. The van der Waals surface area contributed by atoms with Gasteiger partial charge in [-0.1, -0.05) is 6.92 Å². The third kappa shape index (κ3) is 4.10. The normalized spacial score (nSPS) is 15.2. The second-order valence-corrected chi connectivity index (χ2v) is 6.14. The maximum atomic E-state index is 12.5. The number of carbonyl (C=O) groups is 2. The summed E-state index contributed by atoms with van der Waals surface area (Å²) in [5.41, 5.74) is 0. The predicted octanol–water partition coefficient (Wildman–Crippen LogP) is 1.80. The van der Waals surface area contributed by atoms with E-state index in [0.29, 0.717) is 44.9 Å². The minimum Gasteiger partial charge on any atom is -0.459 e. The molecule has 2 amide bonds. The fourth-order valence-electron chi connectivity index (χ4n) is 3.16. The first-order valence-electron chi connectivity index (χ1n) is 8.79. The quantitative estimate of drug-likeness (QED) is 0.829. The maximum Gasteiger partial charge on any atom is 0.289 e. The molecule has 1 aliphatic heterocycles. The van der Waals surface area contributed by atoms with Gasteiger partial charge >= 0.3 is 0 Å². The SMILES string of the molecule is CCc1nccn1CCC(=O)N1CCCN(C(=O)c2ccco2)CC1. The minimum absolute atomic E-state index is 0.106.